The molecule has 0 saturated heterocycles. The third kappa shape index (κ3) is 3.11. The van der Waals surface area contributed by atoms with E-state index in [0.29, 0.717) is 17.8 Å². The Bertz CT molecular complexity index is 705. The first-order valence-electron chi connectivity index (χ1n) is 11.9. The van der Waals surface area contributed by atoms with Gasteiger partial charge in [-0.1, -0.05) is 57.5 Å². The van der Waals surface area contributed by atoms with Crippen LogP contribution in [0.1, 0.15) is 77.7 Å². The molecule has 0 aliphatic heterocycles. The van der Waals surface area contributed by atoms with Crippen LogP contribution < -0.4 is 0 Å². The van der Waals surface area contributed by atoms with Gasteiger partial charge in [-0.15, -0.1) is 0 Å². The standard InChI is InChI=1S/C26H40O3/c1-4-21-22(24(2)13-10-20(28)16-19(24)17-27)11-14-25(3)23(21)12-15-26(25,29)18-8-6-5-7-9-18/h5-9,19-23,27-29H,4,10-17H2,1-3H3/t19-,20+,21-,22+,23+,24+,25+,26-/m1/s1. The summed E-state index contributed by atoms with van der Waals surface area (Å²) < 4.78 is 0. The minimum absolute atomic E-state index is 0.0867. The van der Waals surface area contributed by atoms with Crippen molar-refractivity contribution >= 4 is 0 Å². The number of hydrogen-bond donors (Lipinski definition) is 3. The highest BCUT2D eigenvalue weighted by Crippen LogP contribution is 2.67. The minimum atomic E-state index is -0.739. The van der Waals surface area contributed by atoms with E-state index in [0.717, 1.165) is 56.9 Å². The molecule has 4 rings (SSSR count). The summed E-state index contributed by atoms with van der Waals surface area (Å²) >= 11 is 0. The van der Waals surface area contributed by atoms with Crippen molar-refractivity contribution in [2.45, 2.75) is 83.8 Å². The third-order valence-electron chi connectivity index (χ3n) is 9.88. The molecule has 3 saturated carbocycles. The minimum Gasteiger partial charge on any atom is -0.396 e. The molecule has 162 valence electrons. The summed E-state index contributed by atoms with van der Waals surface area (Å²) in [5.41, 5.74) is 0.338. The summed E-state index contributed by atoms with van der Waals surface area (Å²) in [5.74, 6) is 1.83. The van der Waals surface area contributed by atoms with E-state index in [2.05, 4.69) is 32.9 Å². The van der Waals surface area contributed by atoms with E-state index < -0.39 is 5.60 Å². The first-order valence-corrected chi connectivity index (χ1v) is 11.9. The monoisotopic (exact) mass is 400 g/mol. The smallest absolute Gasteiger partial charge is 0.0952 e. The normalized spacial score (nSPS) is 47.7. The molecule has 1 aromatic carbocycles. The Morgan fingerprint density at radius 2 is 1.66 bits per heavy atom. The number of hydrogen-bond acceptors (Lipinski definition) is 3. The first kappa shape index (κ1) is 21.3. The number of aliphatic hydroxyl groups excluding tert-OH is 2. The highest BCUT2D eigenvalue weighted by molar-refractivity contribution is 5.29. The summed E-state index contributed by atoms with van der Waals surface area (Å²) in [6, 6.07) is 10.3. The van der Waals surface area contributed by atoms with Crippen LogP contribution in [0.25, 0.3) is 0 Å². The molecular formula is C26H40O3. The molecular weight excluding hydrogens is 360 g/mol. The predicted molar refractivity (Wildman–Crippen MR) is 116 cm³/mol. The topological polar surface area (TPSA) is 60.7 Å². The highest BCUT2D eigenvalue weighted by Gasteiger charge is 2.63. The molecule has 0 radical (unpaired) electrons. The van der Waals surface area contributed by atoms with Gasteiger partial charge in [0.2, 0.25) is 0 Å². The molecule has 3 aliphatic rings. The lowest BCUT2D eigenvalue weighted by Crippen LogP contribution is -2.54. The van der Waals surface area contributed by atoms with E-state index >= 15 is 0 Å². The van der Waals surface area contributed by atoms with Crippen molar-refractivity contribution in [2.75, 3.05) is 6.61 Å². The van der Waals surface area contributed by atoms with Gasteiger partial charge in [0.1, 0.15) is 0 Å². The van der Waals surface area contributed by atoms with Crippen LogP contribution in [0.3, 0.4) is 0 Å². The number of aliphatic hydroxyl groups is 3. The number of rotatable bonds is 4. The molecule has 0 amide bonds. The van der Waals surface area contributed by atoms with Gasteiger partial charge in [0.05, 0.1) is 11.7 Å². The number of fused-ring (bicyclic) bond motifs is 1. The van der Waals surface area contributed by atoms with Crippen molar-refractivity contribution in [1.82, 2.24) is 0 Å². The number of benzene rings is 1. The Balaban J connectivity index is 1.66. The molecule has 3 nitrogen and oxygen atoms in total. The van der Waals surface area contributed by atoms with E-state index in [1.807, 2.05) is 18.2 Å². The fourth-order valence-electron chi connectivity index (χ4n) is 8.05. The first-order chi connectivity index (χ1) is 13.8. The molecule has 0 spiro atoms. The van der Waals surface area contributed by atoms with Crippen LogP contribution in [0.2, 0.25) is 0 Å². The van der Waals surface area contributed by atoms with Gasteiger partial charge in [-0.25, -0.2) is 0 Å². The SMILES string of the molecule is CC[C@@H]1[C@@H]([C@@]2(C)CC[C@H](O)C[C@@H]2CO)CC[C@@]2(C)[C@H]1CC[C@@]2(O)c1ccccc1. The van der Waals surface area contributed by atoms with Gasteiger partial charge >= 0.3 is 0 Å². The second-order valence-corrected chi connectivity index (χ2v) is 10.8. The lowest BCUT2D eigenvalue weighted by atomic mass is 9.47. The van der Waals surface area contributed by atoms with Gasteiger partial charge in [-0.3, -0.25) is 0 Å². The van der Waals surface area contributed by atoms with E-state index in [-0.39, 0.29) is 29.5 Å². The summed E-state index contributed by atoms with van der Waals surface area (Å²) in [5, 5.41) is 32.3. The van der Waals surface area contributed by atoms with E-state index in [4.69, 9.17) is 0 Å². The zero-order valence-electron chi connectivity index (χ0n) is 18.5. The average molecular weight is 401 g/mol. The van der Waals surface area contributed by atoms with Crippen LogP contribution in [-0.2, 0) is 5.60 Å². The van der Waals surface area contributed by atoms with Crippen LogP contribution in [0, 0.1) is 34.5 Å². The molecule has 1 aromatic rings. The largest absolute Gasteiger partial charge is 0.396 e. The van der Waals surface area contributed by atoms with Crippen LogP contribution in [-0.4, -0.2) is 28.0 Å². The second-order valence-electron chi connectivity index (χ2n) is 10.8. The molecule has 0 heterocycles. The summed E-state index contributed by atoms with van der Waals surface area (Å²) in [7, 11) is 0. The molecule has 29 heavy (non-hydrogen) atoms. The van der Waals surface area contributed by atoms with Crippen LogP contribution in [0.5, 0.6) is 0 Å². The van der Waals surface area contributed by atoms with Crippen molar-refractivity contribution in [2.24, 2.45) is 34.5 Å². The van der Waals surface area contributed by atoms with E-state index in [9.17, 15) is 15.3 Å². The summed E-state index contributed by atoms with van der Waals surface area (Å²) in [6.07, 6.45) is 7.55. The van der Waals surface area contributed by atoms with Crippen molar-refractivity contribution in [1.29, 1.82) is 0 Å². The Labute approximate surface area is 176 Å². The molecule has 3 fully saturated rings. The Morgan fingerprint density at radius 3 is 2.31 bits per heavy atom. The quantitative estimate of drug-likeness (QED) is 0.675. The Kier molecular flexibility index (Phi) is 5.63. The maximum atomic E-state index is 12.0. The van der Waals surface area contributed by atoms with Gasteiger partial charge in [0.25, 0.3) is 0 Å². The second kappa shape index (κ2) is 7.66. The van der Waals surface area contributed by atoms with Crippen molar-refractivity contribution in [3.63, 3.8) is 0 Å². The van der Waals surface area contributed by atoms with Crippen molar-refractivity contribution in [3.8, 4) is 0 Å². The average Bonchev–Trinajstić information content (AvgIpc) is 3.01. The van der Waals surface area contributed by atoms with E-state index in [1.165, 1.54) is 0 Å². The fourth-order valence-corrected chi connectivity index (χ4v) is 8.05. The third-order valence-corrected chi connectivity index (χ3v) is 9.88. The zero-order valence-corrected chi connectivity index (χ0v) is 18.5. The lowest BCUT2D eigenvalue weighted by Gasteiger charge is -2.58. The van der Waals surface area contributed by atoms with Gasteiger partial charge in [0.15, 0.2) is 0 Å². The molecule has 0 bridgehead atoms. The molecule has 3 aliphatic carbocycles. The molecule has 3 heteroatoms. The fraction of sp³-hybridized carbons (Fsp3) is 0.769. The van der Waals surface area contributed by atoms with Crippen molar-refractivity contribution < 1.29 is 15.3 Å². The van der Waals surface area contributed by atoms with Crippen LogP contribution in [0.15, 0.2) is 30.3 Å². The maximum Gasteiger partial charge on any atom is 0.0952 e. The lowest BCUT2D eigenvalue weighted by molar-refractivity contribution is -0.146. The maximum absolute atomic E-state index is 12.0. The molecule has 0 unspecified atom stereocenters. The van der Waals surface area contributed by atoms with Gasteiger partial charge in [0, 0.05) is 12.0 Å². The predicted octanol–water partition coefficient (Wildman–Crippen LogP) is 4.89. The van der Waals surface area contributed by atoms with Crippen LogP contribution in [0.4, 0.5) is 0 Å². The molecule has 0 aromatic heterocycles. The van der Waals surface area contributed by atoms with Crippen molar-refractivity contribution in [3.05, 3.63) is 35.9 Å². The molecule has 8 atom stereocenters. The Hall–Kier alpha value is -0.900. The highest BCUT2D eigenvalue weighted by atomic mass is 16.3. The summed E-state index contributed by atoms with van der Waals surface area (Å²) in [6.45, 7) is 7.22. The van der Waals surface area contributed by atoms with Gasteiger partial charge in [-0.2, -0.15) is 0 Å². The zero-order chi connectivity index (χ0) is 20.9. The van der Waals surface area contributed by atoms with E-state index in [1.54, 1.807) is 0 Å². The summed E-state index contributed by atoms with van der Waals surface area (Å²) in [4.78, 5) is 0. The Morgan fingerprint density at radius 1 is 0.966 bits per heavy atom. The van der Waals surface area contributed by atoms with Gasteiger partial charge < -0.3 is 15.3 Å². The van der Waals surface area contributed by atoms with Crippen LogP contribution >= 0.6 is 0 Å². The molecule has 3 N–H and O–H groups in total. The van der Waals surface area contributed by atoms with Gasteiger partial charge in [-0.05, 0) is 79.6 Å².